The van der Waals surface area contributed by atoms with Crippen molar-refractivity contribution in [3.05, 3.63) is 10.6 Å². The molecule has 0 spiro atoms. The molecule has 0 amide bonds. The van der Waals surface area contributed by atoms with Crippen LogP contribution in [0.1, 0.15) is 15.4 Å². The van der Waals surface area contributed by atoms with Gasteiger partial charge in [-0.15, -0.1) is 0 Å². The van der Waals surface area contributed by atoms with Gasteiger partial charge in [0.15, 0.2) is 0 Å². The predicted molar refractivity (Wildman–Crippen MR) is 48.2 cm³/mol. The summed E-state index contributed by atoms with van der Waals surface area (Å²) < 4.78 is 14.2. The number of ether oxygens (including phenoxy) is 1. The zero-order valence-corrected chi connectivity index (χ0v) is 8.32. The number of thiazole rings is 1. The summed E-state index contributed by atoms with van der Waals surface area (Å²) in [5.41, 5.74) is 5.50. The quantitative estimate of drug-likeness (QED) is 0.566. The second kappa shape index (κ2) is 4.23. The van der Waals surface area contributed by atoms with Crippen molar-refractivity contribution >= 4 is 30.4 Å². The monoisotopic (exact) mass is 216 g/mol. The van der Waals surface area contributed by atoms with E-state index in [0.717, 1.165) is 0 Å². The summed E-state index contributed by atoms with van der Waals surface area (Å²) >= 11 is 1.19. The van der Waals surface area contributed by atoms with Crippen molar-refractivity contribution < 1.29 is 14.1 Å². The molecule has 0 fully saturated rings. The minimum atomic E-state index is -0.700. The van der Waals surface area contributed by atoms with Crippen LogP contribution in [0.15, 0.2) is 0 Å². The molecule has 1 rings (SSSR count). The number of aromatic nitrogens is 1. The fourth-order valence-electron chi connectivity index (χ4n) is 0.715. The summed E-state index contributed by atoms with van der Waals surface area (Å²) in [6.07, 6.45) is 0. The van der Waals surface area contributed by atoms with Gasteiger partial charge in [-0.2, -0.15) is 0 Å². The second-order valence-electron chi connectivity index (χ2n) is 2.03. The predicted octanol–water partition coefficient (Wildman–Crippen LogP) is 1.40. The molecule has 7 heteroatoms. The zero-order valence-electron chi connectivity index (χ0n) is 6.60. The number of aryl methyl sites for hydroxylation is 1. The maximum atomic E-state index is 11.1. The van der Waals surface area contributed by atoms with Gasteiger partial charge in [0.25, 0.3) is 0 Å². The number of hydrogen-bond donors (Lipinski definition) is 1. The Morgan fingerprint density at radius 2 is 2.46 bits per heavy atom. The summed E-state index contributed by atoms with van der Waals surface area (Å²) in [5, 5.41) is 0.295. The minimum absolute atomic E-state index is 0.138. The zero-order chi connectivity index (χ0) is 9.84. The molecule has 1 aromatic rings. The fraction of sp³-hybridized carbons (Fsp3) is 0.167. The van der Waals surface area contributed by atoms with Crippen LogP contribution in [0, 0.1) is 12.7 Å². The first kappa shape index (κ1) is 9.99. The number of rotatable bonds is 1. The number of hydrogen-bond acceptors (Lipinski definition) is 6. The third kappa shape index (κ3) is 2.42. The number of nitrogens with two attached hydrogens (primary N) is 1. The first-order valence-corrected chi connectivity index (χ1v) is 4.79. The Balaban J connectivity index is 2.92. The molecular formula is C6H5N2O3PS. The SMILES string of the molecule is Cc1sc(N)nc1C(=O)OC#P=O. The van der Waals surface area contributed by atoms with Crippen molar-refractivity contribution in [3.8, 4) is 5.81 Å². The van der Waals surface area contributed by atoms with Gasteiger partial charge in [-0.25, -0.2) is 0 Å². The van der Waals surface area contributed by atoms with Crippen LogP contribution in [-0.2, 0) is 9.30 Å². The fourth-order valence-corrected chi connectivity index (χ4v) is 1.51. The molecule has 1 aromatic heterocycles. The van der Waals surface area contributed by atoms with Gasteiger partial charge in [0, 0.05) is 0 Å². The van der Waals surface area contributed by atoms with E-state index in [0.29, 0.717) is 10.0 Å². The first-order chi connectivity index (χ1) is 6.15. The van der Waals surface area contributed by atoms with E-state index in [9.17, 15) is 9.36 Å². The Morgan fingerprint density at radius 1 is 1.77 bits per heavy atom. The van der Waals surface area contributed by atoms with E-state index in [4.69, 9.17) is 5.73 Å². The molecule has 0 aromatic carbocycles. The third-order valence-corrected chi connectivity index (χ3v) is 2.15. The van der Waals surface area contributed by atoms with Crippen LogP contribution < -0.4 is 5.73 Å². The molecule has 0 atom stereocenters. The van der Waals surface area contributed by atoms with Crippen LogP contribution in [0.5, 0.6) is 0 Å². The Morgan fingerprint density at radius 3 is 2.92 bits per heavy atom. The molecule has 0 saturated heterocycles. The van der Waals surface area contributed by atoms with Gasteiger partial charge in [0.1, 0.15) is 0 Å². The van der Waals surface area contributed by atoms with Crippen LogP contribution in [0.3, 0.4) is 0 Å². The van der Waals surface area contributed by atoms with Crippen LogP contribution in [0.4, 0.5) is 5.13 Å². The molecule has 0 aliphatic carbocycles. The van der Waals surface area contributed by atoms with Gasteiger partial charge >= 0.3 is 78.5 Å². The molecule has 5 nitrogen and oxygen atoms in total. The molecule has 0 aliphatic heterocycles. The number of anilines is 1. The average molecular weight is 216 g/mol. The Bertz CT molecular complexity index is 436. The number of nitrogen functional groups attached to an aromatic ring is 1. The van der Waals surface area contributed by atoms with Gasteiger partial charge < -0.3 is 0 Å². The van der Waals surface area contributed by atoms with E-state index in [2.05, 4.69) is 9.72 Å². The second-order valence-corrected chi connectivity index (χ2v) is 3.63. The van der Waals surface area contributed by atoms with Crippen LogP contribution >= 0.6 is 19.3 Å². The van der Waals surface area contributed by atoms with E-state index in [1.54, 1.807) is 6.92 Å². The van der Waals surface area contributed by atoms with Gasteiger partial charge in [-0.3, -0.25) is 0 Å². The topological polar surface area (TPSA) is 82.3 Å². The summed E-state index contributed by atoms with van der Waals surface area (Å²) in [6.45, 7) is 1.69. The molecule has 0 bridgehead atoms. The van der Waals surface area contributed by atoms with Gasteiger partial charge in [-0.1, -0.05) is 0 Å². The van der Waals surface area contributed by atoms with Crippen LogP contribution in [-0.4, -0.2) is 11.0 Å². The molecule has 13 heavy (non-hydrogen) atoms. The molecule has 2 N–H and O–H groups in total. The first-order valence-electron chi connectivity index (χ1n) is 3.16. The van der Waals surface area contributed by atoms with Crippen LogP contribution in [0.2, 0.25) is 0 Å². The maximum absolute atomic E-state index is 11.1. The number of carbonyl (C=O) groups is 1. The third-order valence-electron chi connectivity index (χ3n) is 1.18. The van der Waals surface area contributed by atoms with E-state index < -0.39 is 13.9 Å². The molecule has 0 saturated carbocycles. The van der Waals surface area contributed by atoms with Crippen molar-refractivity contribution in [1.82, 2.24) is 4.98 Å². The van der Waals surface area contributed by atoms with Gasteiger partial charge in [-0.05, 0) is 0 Å². The summed E-state index contributed by atoms with van der Waals surface area (Å²) in [6, 6.07) is 0. The standard InChI is InChI=1S/C6H5N2O3PS/c1-3-4(8-6(7)13-3)5(9)11-2-12-10/h1H3,(H2,7,8). The van der Waals surface area contributed by atoms with Crippen molar-refractivity contribution in [1.29, 1.82) is 0 Å². The Kier molecular flexibility index (Phi) is 3.25. The molecule has 0 radical (unpaired) electrons. The average Bonchev–Trinajstić information content (AvgIpc) is 2.41. The normalized spacial score (nSPS) is 9.00. The van der Waals surface area contributed by atoms with Crippen molar-refractivity contribution in [2.45, 2.75) is 6.92 Å². The molecule has 68 valence electrons. The number of nitrogens with zero attached hydrogens (tertiary/aromatic N) is 1. The Hall–Kier alpha value is -1.09. The van der Waals surface area contributed by atoms with E-state index >= 15 is 0 Å². The molecular weight excluding hydrogens is 211 g/mol. The van der Waals surface area contributed by atoms with Gasteiger partial charge in [0.05, 0.1) is 0 Å². The summed E-state index contributed by atoms with van der Waals surface area (Å²) in [4.78, 5) is 15.5. The summed E-state index contributed by atoms with van der Waals surface area (Å²) in [7, 11) is -0.481. The van der Waals surface area contributed by atoms with E-state index in [1.807, 2.05) is 5.81 Å². The Labute approximate surface area is 79.0 Å². The number of esters is 1. The van der Waals surface area contributed by atoms with Crippen molar-refractivity contribution in [3.63, 3.8) is 0 Å². The molecule has 1 heterocycles. The molecule has 0 aliphatic rings. The summed E-state index contributed by atoms with van der Waals surface area (Å²) in [5.74, 6) is 1.17. The number of carbonyl (C=O) groups excluding carboxylic acids is 1. The van der Waals surface area contributed by atoms with Gasteiger partial charge in [0.2, 0.25) is 0 Å². The van der Waals surface area contributed by atoms with Crippen molar-refractivity contribution in [2.75, 3.05) is 5.73 Å². The van der Waals surface area contributed by atoms with Crippen molar-refractivity contribution in [2.24, 2.45) is 0 Å². The van der Waals surface area contributed by atoms with E-state index in [1.165, 1.54) is 11.3 Å². The molecule has 0 unspecified atom stereocenters. The van der Waals surface area contributed by atoms with E-state index in [-0.39, 0.29) is 5.69 Å². The van der Waals surface area contributed by atoms with Crippen LogP contribution in [0.25, 0.3) is 0 Å².